The zero-order chi connectivity index (χ0) is 37.1. The highest BCUT2D eigenvalue weighted by Crippen LogP contribution is 2.52. The molecule has 0 aliphatic heterocycles. The van der Waals surface area contributed by atoms with Gasteiger partial charge >= 0.3 is 0 Å². The van der Waals surface area contributed by atoms with E-state index < -0.39 is 17.0 Å². The lowest BCUT2D eigenvalue weighted by Crippen LogP contribution is -2.33. The molecule has 0 spiro atoms. The van der Waals surface area contributed by atoms with Crippen LogP contribution in [0.25, 0.3) is 22.0 Å². The summed E-state index contributed by atoms with van der Waals surface area (Å²) in [7, 11) is 1.64. The largest absolute Gasteiger partial charge is 0.497 e. The van der Waals surface area contributed by atoms with Gasteiger partial charge in [0.15, 0.2) is 5.82 Å². The van der Waals surface area contributed by atoms with Gasteiger partial charge < -0.3 is 15.2 Å². The summed E-state index contributed by atoms with van der Waals surface area (Å²) < 4.78 is 41.3. The highest BCUT2D eigenvalue weighted by Gasteiger charge is 2.42. The molecule has 0 atom stereocenters. The van der Waals surface area contributed by atoms with Gasteiger partial charge in [0.25, 0.3) is 0 Å². The number of aromatic amines is 1. The van der Waals surface area contributed by atoms with Gasteiger partial charge in [-0.15, -0.1) is 0 Å². The third-order valence-corrected chi connectivity index (χ3v) is 10.0. The van der Waals surface area contributed by atoms with Crippen molar-refractivity contribution in [3.8, 4) is 22.6 Å². The second-order valence-corrected chi connectivity index (χ2v) is 13.3. The average Bonchev–Trinajstić information content (AvgIpc) is 3.58. The van der Waals surface area contributed by atoms with Gasteiger partial charge in [0.1, 0.15) is 29.7 Å². The van der Waals surface area contributed by atoms with Gasteiger partial charge in [0.2, 0.25) is 0 Å². The van der Waals surface area contributed by atoms with Crippen molar-refractivity contribution in [2.24, 2.45) is 0 Å². The second-order valence-electron chi connectivity index (χ2n) is 13.3. The van der Waals surface area contributed by atoms with Crippen LogP contribution in [0, 0.1) is 11.6 Å². The fourth-order valence-corrected chi connectivity index (χ4v) is 7.64. The lowest BCUT2D eigenvalue weighted by atomic mass is 9.62. The summed E-state index contributed by atoms with van der Waals surface area (Å²) in [5, 5.41) is 8.49. The van der Waals surface area contributed by atoms with Crippen LogP contribution < -0.4 is 15.2 Å². The van der Waals surface area contributed by atoms with E-state index in [2.05, 4.69) is 46.6 Å². The second kappa shape index (κ2) is 14.7. The number of nitrogens with zero attached hydrogens (tertiary/aromatic N) is 1. The lowest BCUT2D eigenvalue weighted by Gasteiger charge is -2.39. The number of hydrogen-bond donors (Lipinski definition) is 2. The minimum absolute atomic E-state index is 0.198. The number of fused-ring (bicyclic) bond motifs is 1. The molecule has 0 amide bonds. The van der Waals surface area contributed by atoms with Crippen molar-refractivity contribution < 1.29 is 18.3 Å². The highest BCUT2D eigenvalue weighted by atomic mass is 19.1. The zero-order valence-corrected chi connectivity index (χ0v) is 29.6. The van der Waals surface area contributed by atoms with Crippen LogP contribution in [0.5, 0.6) is 11.5 Å². The third kappa shape index (κ3) is 6.45. The molecule has 0 aliphatic rings. The molecule has 7 aromatic carbocycles. The van der Waals surface area contributed by atoms with Crippen LogP contribution in [-0.4, -0.2) is 17.3 Å². The number of hydrogen-bond acceptors (Lipinski definition) is 4. The monoisotopic (exact) mass is 713 g/mol. The summed E-state index contributed by atoms with van der Waals surface area (Å²) in [6.07, 6.45) is 0.198. The molecule has 0 bridgehead atoms. The third-order valence-electron chi connectivity index (χ3n) is 10.0. The van der Waals surface area contributed by atoms with E-state index in [0.717, 1.165) is 67.2 Å². The summed E-state index contributed by atoms with van der Waals surface area (Å²) >= 11 is 0. The Morgan fingerprint density at radius 2 is 1.17 bits per heavy atom. The molecular weight excluding hydrogens is 677 g/mol. The summed E-state index contributed by atoms with van der Waals surface area (Å²) in [5.74, 6) is 0.521. The van der Waals surface area contributed by atoms with Crippen molar-refractivity contribution in [2.75, 3.05) is 12.8 Å². The maximum absolute atomic E-state index is 14.9. The predicted molar refractivity (Wildman–Crippen MR) is 211 cm³/mol. The van der Waals surface area contributed by atoms with Gasteiger partial charge in [-0.3, -0.25) is 5.10 Å². The van der Waals surface area contributed by atoms with E-state index in [1.165, 1.54) is 12.1 Å². The molecule has 0 unspecified atom stereocenters. The smallest absolute Gasteiger partial charge is 0.153 e. The first-order valence-electron chi connectivity index (χ1n) is 17.7. The molecular formula is C47H37F2N3O2. The zero-order valence-electron chi connectivity index (χ0n) is 29.6. The number of nitrogens with one attached hydrogen (secondary N) is 1. The van der Waals surface area contributed by atoms with Crippen molar-refractivity contribution in [3.63, 3.8) is 0 Å². The minimum atomic E-state index is -0.946. The van der Waals surface area contributed by atoms with Gasteiger partial charge in [-0.1, -0.05) is 115 Å². The van der Waals surface area contributed by atoms with E-state index in [1.54, 1.807) is 7.11 Å². The van der Waals surface area contributed by atoms with Gasteiger partial charge in [-0.05, 0) is 99.0 Å². The Morgan fingerprint density at radius 3 is 1.70 bits per heavy atom. The van der Waals surface area contributed by atoms with Crippen molar-refractivity contribution in [2.45, 2.75) is 18.4 Å². The van der Waals surface area contributed by atoms with Gasteiger partial charge in [-0.25, -0.2) is 8.78 Å². The molecule has 266 valence electrons. The molecule has 0 saturated heterocycles. The van der Waals surface area contributed by atoms with Crippen LogP contribution in [0.1, 0.15) is 38.9 Å². The van der Waals surface area contributed by atoms with Crippen LogP contribution >= 0.6 is 0 Å². The van der Waals surface area contributed by atoms with E-state index in [0.29, 0.717) is 23.7 Å². The molecule has 7 heteroatoms. The van der Waals surface area contributed by atoms with Crippen LogP contribution in [0.2, 0.25) is 0 Å². The summed E-state index contributed by atoms with van der Waals surface area (Å²) in [5.41, 5.74) is 14.6. The Bertz CT molecular complexity index is 2400. The molecule has 0 radical (unpaired) electrons. The summed E-state index contributed by atoms with van der Waals surface area (Å²) in [4.78, 5) is 0. The average molecular weight is 714 g/mol. The molecule has 0 aliphatic carbocycles. The number of rotatable bonds is 11. The van der Waals surface area contributed by atoms with Gasteiger partial charge in [0, 0.05) is 11.5 Å². The Kier molecular flexibility index (Phi) is 9.36. The maximum Gasteiger partial charge on any atom is 0.153 e. The predicted octanol–water partition coefficient (Wildman–Crippen LogP) is 10.7. The minimum Gasteiger partial charge on any atom is -0.497 e. The normalized spacial score (nSPS) is 11.5. The topological polar surface area (TPSA) is 73.2 Å². The van der Waals surface area contributed by atoms with Crippen molar-refractivity contribution in [1.29, 1.82) is 0 Å². The van der Waals surface area contributed by atoms with Crippen molar-refractivity contribution in [1.82, 2.24) is 10.2 Å². The summed E-state index contributed by atoms with van der Waals surface area (Å²) in [6.45, 7) is 0.386. The van der Waals surface area contributed by atoms with Crippen LogP contribution in [0.15, 0.2) is 164 Å². The Morgan fingerprint density at radius 1 is 0.630 bits per heavy atom. The molecule has 0 saturated carbocycles. The van der Waals surface area contributed by atoms with Crippen molar-refractivity contribution in [3.05, 3.63) is 214 Å². The standard InChI is InChI=1S/C47H37F2N3O2/c1-53-39-21-17-31(18-22-39)30-54-40-23-19-33(20-24-40)41-29-43-44(46(50)52-51-43)45(42(41)27-32-25-37(48)28-38(49)26-32)47(34-11-5-2-6-12-34,35-13-7-3-8-14-35)36-15-9-4-10-16-36/h2-26,28-29H,27,30H2,1H3,(H3,50,51,52). The SMILES string of the molecule is COc1ccc(COc2ccc(-c3cc4[nH]nc(N)c4c(C(c4ccccc4)(c4ccccc4)c4ccccc4)c3Cc3cc(F)cc(F)c3)cc2)cc1. The fourth-order valence-electron chi connectivity index (χ4n) is 7.64. The molecule has 1 aromatic heterocycles. The van der Waals surface area contributed by atoms with E-state index in [-0.39, 0.29) is 6.42 Å². The molecule has 1 heterocycles. The van der Waals surface area contributed by atoms with Gasteiger partial charge in [0.05, 0.1) is 18.0 Å². The number of anilines is 1. The number of ether oxygens (including phenoxy) is 2. The Labute approximate surface area is 312 Å². The fraction of sp³-hybridized carbons (Fsp3) is 0.0851. The van der Waals surface area contributed by atoms with Crippen LogP contribution in [0.4, 0.5) is 14.6 Å². The first-order valence-corrected chi connectivity index (χ1v) is 17.7. The van der Waals surface area contributed by atoms with Crippen LogP contribution in [0.3, 0.4) is 0 Å². The summed E-state index contributed by atoms with van der Waals surface area (Å²) in [6, 6.07) is 52.3. The van der Waals surface area contributed by atoms with Crippen LogP contribution in [-0.2, 0) is 18.4 Å². The molecule has 54 heavy (non-hydrogen) atoms. The Hall–Kier alpha value is -6.73. The molecule has 8 rings (SSSR count). The first-order chi connectivity index (χ1) is 26.4. The number of methoxy groups -OCH3 is 1. The number of halogens is 2. The van der Waals surface area contributed by atoms with E-state index in [4.69, 9.17) is 15.2 Å². The molecule has 3 N–H and O–H groups in total. The Balaban J connectivity index is 1.40. The highest BCUT2D eigenvalue weighted by molar-refractivity contribution is 5.99. The number of nitrogen functional groups attached to an aromatic ring is 1. The van der Waals surface area contributed by atoms with E-state index >= 15 is 0 Å². The van der Waals surface area contributed by atoms with E-state index in [1.807, 2.05) is 109 Å². The molecule has 8 aromatic rings. The number of nitrogens with two attached hydrogens (primary N) is 1. The molecule has 5 nitrogen and oxygen atoms in total. The molecule has 0 fully saturated rings. The maximum atomic E-state index is 14.9. The van der Waals surface area contributed by atoms with E-state index in [9.17, 15) is 8.78 Å². The quantitative estimate of drug-likeness (QED) is 0.131. The first kappa shape index (κ1) is 34.4. The number of benzene rings is 7. The van der Waals surface area contributed by atoms with Gasteiger partial charge in [-0.2, -0.15) is 5.10 Å². The number of aromatic nitrogens is 2. The number of H-pyrrole nitrogens is 1. The van der Waals surface area contributed by atoms with Crippen molar-refractivity contribution >= 4 is 16.7 Å². The lowest BCUT2D eigenvalue weighted by molar-refractivity contribution is 0.306.